The average molecular weight is 298 g/mol. The van der Waals surface area contributed by atoms with Gasteiger partial charge in [0.2, 0.25) is 0 Å². The van der Waals surface area contributed by atoms with Gasteiger partial charge in [0.25, 0.3) is 0 Å². The number of hydrogen-bond acceptors (Lipinski definition) is 6. The maximum atomic E-state index is 10.5. The van der Waals surface area contributed by atoms with Crippen LogP contribution in [0.1, 0.15) is 0 Å². The Hall–Kier alpha value is -2.63. The van der Waals surface area contributed by atoms with Gasteiger partial charge in [-0.1, -0.05) is 0 Å². The summed E-state index contributed by atoms with van der Waals surface area (Å²) in [7, 11) is 1.64. The number of anilines is 2. The van der Waals surface area contributed by atoms with Crippen molar-refractivity contribution in [3.05, 3.63) is 47.5 Å². The van der Waals surface area contributed by atoms with Gasteiger partial charge >= 0.3 is 0 Å². The number of methoxy groups -OCH3 is 1. The normalized spacial score (nSPS) is 14.8. The molecule has 1 aromatic carbocycles. The predicted molar refractivity (Wildman–Crippen MR) is 87.1 cm³/mol. The zero-order chi connectivity index (χ0) is 15.4. The molecule has 0 spiro atoms. The molecule has 0 atom stereocenters. The Morgan fingerprint density at radius 1 is 1.00 bits per heavy atom. The minimum absolute atomic E-state index is 0.463. The third-order valence-electron chi connectivity index (χ3n) is 3.88. The fourth-order valence-electron chi connectivity index (χ4n) is 2.60. The molecule has 1 aliphatic heterocycles. The number of pyridine rings is 1. The van der Waals surface area contributed by atoms with Crippen LogP contribution < -0.4 is 14.5 Å². The minimum Gasteiger partial charge on any atom is -0.495 e. The molecular weight excluding hydrogens is 280 g/mol. The van der Waals surface area contributed by atoms with Gasteiger partial charge < -0.3 is 14.5 Å². The molecule has 2 heterocycles. The Balaban J connectivity index is 1.62. The Labute approximate surface area is 129 Å². The van der Waals surface area contributed by atoms with Crippen molar-refractivity contribution >= 4 is 17.2 Å². The summed E-state index contributed by atoms with van der Waals surface area (Å²) in [4.78, 5) is 19.4. The molecule has 1 aliphatic rings. The van der Waals surface area contributed by atoms with E-state index < -0.39 is 0 Å². The third kappa shape index (κ3) is 3.00. The molecule has 22 heavy (non-hydrogen) atoms. The second-order valence-electron chi connectivity index (χ2n) is 5.14. The van der Waals surface area contributed by atoms with E-state index in [0.717, 1.165) is 43.4 Å². The fraction of sp³-hybridized carbons (Fsp3) is 0.312. The van der Waals surface area contributed by atoms with Crippen molar-refractivity contribution in [1.29, 1.82) is 0 Å². The summed E-state index contributed by atoms with van der Waals surface area (Å²) in [6.45, 7) is 3.66. The average Bonchev–Trinajstić information content (AvgIpc) is 2.62. The van der Waals surface area contributed by atoms with Gasteiger partial charge in [0, 0.05) is 31.9 Å². The Bertz CT molecular complexity index is 620. The molecule has 0 radical (unpaired) electrons. The summed E-state index contributed by atoms with van der Waals surface area (Å²) in [6, 6.07) is 11.3. The van der Waals surface area contributed by atoms with Gasteiger partial charge in [0.05, 0.1) is 13.3 Å². The lowest BCUT2D eigenvalue weighted by Gasteiger charge is -2.36. The van der Waals surface area contributed by atoms with Gasteiger partial charge in [-0.25, -0.2) is 4.98 Å². The third-order valence-corrected chi connectivity index (χ3v) is 3.88. The number of benzene rings is 1. The maximum absolute atomic E-state index is 10.5. The van der Waals surface area contributed by atoms with Crippen molar-refractivity contribution in [2.75, 3.05) is 43.1 Å². The van der Waals surface area contributed by atoms with Gasteiger partial charge in [0.1, 0.15) is 17.3 Å². The monoisotopic (exact) mass is 298 g/mol. The number of nitroso groups, excluding NO2 is 1. The molecule has 1 aromatic heterocycles. The van der Waals surface area contributed by atoms with Crippen molar-refractivity contribution in [3.63, 3.8) is 0 Å². The van der Waals surface area contributed by atoms with E-state index >= 15 is 0 Å². The van der Waals surface area contributed by atoms with E-state index in [4.69, 9.17) is 4.74 Å². The van der Waals surface area contributed by atoms with Gasteiger partial charge in [-0.2, -0.15) is 0 Å². The summed E-state index contributed by atoms with van der Waals surface area (Å²) in [5.74, 6) is 1.74. The van der Waals surface area contributed by atoms with Gasteiger partial charge in [-0.3, -0.25) is 0 Å². The number of rotatable bonds is 4. The summed E-state index contributed by atoms with van der Waals surface area (Å²) in [6.07, 6.45) is 1.74. The standard InChI is InChI=1S/C16H18N4O2/c1-22-15-6-7-16(17-12-15)20-10-8-19(9-11-20)14-4-2-13(18-21)3-5-14/h2-7,12H,8-11H2,1H3. The molecule has 0 N–H and O–H groups in total. The van der Waals surface area contributed by atoms with Crippen molar-refractivity contribution in [3.8, 4) is 5.75 Å². The number of aromatic nitrogens is 1. The largest absolute Gasteiger partial charge is 0.495 e. The van der Waals surface area contributed by atoms with Crippen molar-refractivity contribution in [2.24, 2.45) is 5.18 Å². The highest BCUT2D eigenvalue weighted by Crippen LogP contribution is 2.22. The van der Waals surface area contributed by atoms with Crippen LogP contribution in [-0.2, 0) is 0 Å². The van der Waals surface area contributed by atoms with Gasteiger partial charge in [-0.15, -0.1) is 4.91 Å². The quantitative estimate of drug-likeness (QED) is 0.812. The lowest BCUT2D eigenvalue weighted by atomic mass is 10.2. The molecule has 1 fully saturated rings. The fourth-order valence-corrected chi connectivity index (χ4v) is 2.60. The summed E-state index contributed by atoms with van der Waals surface area (Å²) >= 11 is 0. The first-order valence-corrected chi connectivity index (χ1v) is 7.23. The van der Waals surface area contributed by atoms with E-state index in [9.17, 15) is 4.91 Å². The van der Waals surface area contributed by atoms with Gasteiger partial charge in [-0.05, 0) is 41.6 Å². The highest BCUT2D eigenvalue weighted by molar-refractivity contribution is 5.54. The molecule has 1 saturated heterocycles. The SMILES string of the molecule is COc1ccc(N2CCN(c3ccc(N=O)cc3)CC2)nc1. The summed E-state index contributed by atoms with van der Waals surface area (Å²) in [5.41, 5.74) is 1.58. The van der Waals surface area contributed by atoms with Crippen molar-refractivity contribution < 1.29 is 4.74 Å². The number of piperazine rings is 1. The zero-order valence-electron chi connectivity index (χ0n) is 12.5. The van der Waals surface area contributed by atoms with E-state index in [1.807, 2.05) is 24.3 Å². The highest BCUT2D eigenvalue weighted by Gasteiger charge is 2.18. The Morgan fingerprint density at radius 2 is 1.68 bits per heavy atom. The van der Waals surface area contributed by atoms with E-state index in [1.165, 1.54) is 0 Å². The van der Waals surface area contributed by atoms with Crippen LogP contribution in [0.3, 0.4) is 0 Å². The van der Waals surface area contributed by atoms with Crippen LogP contribution in [0.5, 0.6) is 5.75 Å². The van der Waals surface area contributed by atoms with Crippen molar-refractivity contribution in [2.45, 2.75) is 0 Å². The van der Waals surface area contributed by atoms with Crippen LogP contribution in [0, 0.1) is 4.91 Å². The lowest BCUT2D eigenvalue weighted by molar-refractivity contribution is 0.413. The summed E-state index contributed by atoms with van der Waals surface area (Å²) in [5, 5.41) is 2.93. The van der Waals surface area contributed by atoms with E-state index in [-0.39, 0.29) is 0 Å². The van der Waals surface area contributed by atoms with Crippen LogP contribution in [-0.4, -0.2) is 38.3 Å². The number of ether oxygens (including phenoxy) is 1. The second-order valence-corrected chi connectivity index (χ2v) is 5.14. The first kappa shape index (κ1) is 14.3. The molecular formula is C16H18N4O2. The first-order chi connectivity index (χ1) is 10.8. The van der Waals surface area contributed by atoms with Crippen molar-refractivity contribution in [1.82, 2.24) is 4.98 Å². The topological polar surface area (TPSA) is 58.0 Å². The molecule has 6 heteroatoms. The molecule has 3 rings (SSSR count). The smallest absolute Gasteiger partial charge is 0.137 e. The van der Waals surface area contributed by atoms with Crippen LogP contribution >= 0.6 is 0 Å². The number of nitrogens with zero attached hydrogens (tertiary/aromatic N) is 4. The predicted octanol–water partition coefficient (Wildman–Crippen LogP) is 2.81. The molecule has 114 valence electrons. The zero-order valence-corrected chi connectivity index (χ0v) is 12.5. The molecule has 6 nitrogen and oxygen atoms in total. The van der Waals surface area contributed by atoms with Crippen LogP contribution in [0.2, 0.25) is 0 Å². The lowest BCUT2D eigenvalue weighted by Crippen LogP contribution is -2.46. The maximum Gasteiger partial charge on any atom is 0.137 e. The molecule has 0 aliphatic carbocycles. The molecule has 0 bridgehead atoms. The Morgan fingerprint density at radius 3 is 2.23 bits per heavy atom. The van der Waals surface area contributed by atoms with Crippen LogP contribution in [0.4, 0.5) is 17.2 Å². The number of hydrogen-bond donors (Lipinski definition) is 0. The minimum atomic E-state index is 0.463. The first-order valence-electron chi connectivity index (χ1n) is 7.23. The van der Waals surface area contributed by atoms with Crippen LogP contribution in [0.15, 0.2) is 47.8 Å². The second kappa shape index (κ2) is 6.43. The van der Waals surface area contributed by atoms with E-state index in [0.29, 0.717) is 5.69 Å². The van der Waals surface area contributed by atoms with Gasteiger partial charge in [0.15, 0.2) is 0 Å². The van der Waals surface area contributed by atoms with Crippen LogP contribution in [0.25, 0.3) is 0 Å². The highest BCUT2D eigenvalue weighted by atomic mass is 16.5. The summed E-state index contributed by atoms with van der Waals surface area (Å²) < 4.78 is 5.13. The molecule has 2 aromatic rings. The van der Waals surface area contributed by atoms with E-state index in [2.05, 4.69) is 20.0 Å². The Kier molecular flexibility index (Phi) is 4.18. The van der Waals surface area contributed by atoms with E-state index in [1.54, 1.807) is 25.4 Å². The molecule has 0 unspecified atom stereocenters. The molecule has 0 amide bonds. The molecule has 0 saturated carbocycles.